The van der Waals surface area contributed by atoms with Gasteiger partial charge in [0.15, 0.2) is 6.80 Å². The SMILES string of the molecule is O=C1CCCC(=O)N1CCCNCCSP(=O)([O-])O.[Na+]. The van der Waals surface area contributed by atoms with Crippen LogP contribution in [0.15, 0.2) is 0 Å². The molecular formula is C10H18N2NaO5PS. The maximum Gasteiger partial charge on any atom is 1.00 e. The molecule has 10 heteroatoms. The van der Waals surface area contributed by atoms with Crippen molar-refractivity contribution in [2.45, 2.75) is 25.7 Å². The number of hydrogen-bond donors (Lipinski definition) is 2. The van der Waals surface area contributed by atoms with Crippen LogP contribution in [-0.4, -0.2) is 47.0 Å². The number of amides is 2. The van der Waals surface area contributed by atoms with Gasteiger partial charge in [0.1, 0.15) is 0 Å². The third-order valence-electron chi connectivity index (χ3n) is 2.65. The van der Waals surface area contributed by atoms with Crippen molar-refractivity contribution in [3.8, 4) is 0 Å². The molecule has 2 N–H and O–H groups in total. The molecule has 2 amide bonds. The number of piperidine rings is 1. The standard InChI is InChI=1S/C10H19N2O5PS.Na/c13-9-3-1-4-10(14)12(9)7-2-5-11-6-8-19-18(15,16)17;/h11H,1-8H2,(H2,15,16,17);/q;+1/p-1. The second kappa shape index (κ2) is 10.3. The van der Waals surface area contributed by atoms with Gasteiger partial charge < -0.3 is 15.1 Å². The molecule has 1 saturated heterocycles. The number of nitrogens with zero attached hydrogens (tertiary/aromatic N) is 1. The van der Waals surface area contributed by atoms with Gasteiger partial charge in [0.25, 0.3) is 0 Å². The molecule has 110 valence electrons. The Balaban J connectivity index is 0.00000361. The Labute approximate surface area is 144 Å². The van der Waals surface area contributed by atoms with E-state index >= 15 is 0 Å². The summed E-state index contributed by atoms with van der Waals surface area (Å²) in [6, 6.07) is 0. The summed E-state index contributed by atoms with van der Waals surface area (Å²) in [4.78, 5) is 43.2. The van der Waals surface area contributed by atoms with Crippen molar-refractivity contribution in [1.82, 2.24) is 10.2 Å². The summed E-state index contributed by atoms with van der Waals surface area (Å²) in [7, 11) is 0. The van der Waals surface area contributed by atoms with Crippen LogP contribution in [0.1, 0.15) is 25.7 Å². The molecule has 1 aliphatic heterocycles. The van der Waals surface area contributed by atoms with Crippen molar-refractivity contribution in [2.24, 2.45) is 0 Å². The first-order valence-electron chi connectivity index (χ1n) is 6.12. The topological polar surface area (TPSA) is 110 Å². The Morgan fingerprint density at radius 2 is 1.90 bits per heavy atom. The van der Waals surface area contributed by atoms with Crippen LogP contribution >= 0.6 is 18.2 Å². The molecule has 1 aliphatic rings. The molecule has 20 heavy (non-hydrogen) atoms. The number of hydrogen-bond acceptors (Lipinski definition) is 6. The maximum absolute atomic E-state index is 11.5. The number of nitrogens with one attached hydrogen (secondary N) is 1. The van der Waals surface area contributed by atoms with E-state index in [-0.39, 0.29) is 47.1 Å². The van der Waals surface area contributed by atoms with E-state index in [1.54, 1.807) is 0 Å². The average molecular weight is 332 g/mol. The molecule has 1 atom stereocenters. The Morgan fingerprint density at radius 1 is 1.30 bits per heavy atom. The zero-order chi connectivity index (χ0) is 14.3. The average Bonchev–Trinajstić information content (AvgIpc) is 2.29. The molecule has 1 heterocycles. The van der Waals surface area contributed by atoms with Crippen LogP contribution in [0, 0.1) is 0 Å². The monoisotopic (exact) mass is 332 g/mol. The van der Waals surface area contributed by atoms with Crippen LogP contribution < -0.4 is 39.8 Å². The summed E-state index contributed by atoms with van der Waals surface area (Å²) in [5.74, 6) is 0.0394. The van der Waals surface area contributed by atoms with E-state index in [1.807, 2.05) is 0 Å². The molecule has 0 aromatic rings. The zero-order valence-electron chi connectivity index (χ0n) is 11.5. The number of carbonyl (C=O) groups is 2. The van der Waals surface area contributed by atoms with Crippen LogP contribution in [0.2, 0.25) is 0 Å². The minimum Gasteiger partial charge on any atom is -0.770 e. The molecule has 0 aliphatic carbocycles. The molecule has 0 saturated carbocycles. The molecule has 0 spiro atoms. The van der Waals surface area contributed by atoms with E-state index in [1.165, 1.54) is 4.90 Å². The van der Waals surface area contributed by atoms with Crippen LogP contribution in [0.5, 0.6) is 0 Å². The molecule has 0 bridgehead atoms. The number of carbonyl (C=O) groups excluding carboxylic acids is 2. The Bertz CT molecular complexity index is 363. The van der Waals surface area contributed by atoms with Gasteiger partial charge in [-0.2, -0.15) is 0 Å². The fraction of sp³-hybridized carbons (Fsp3) is 0.800. The first-order valence-corrected chi connectivity index (χ1v) is 9.29. The van der Waals surface area contributed by atoms with Gasteiger partial charge in [0.05, 0.1) is 0 Å². The fourth-order valence-electron chi connectivity index (χ4n) is 1.77. The van der Waals surface area contributed by atoms with Gasteiger partial charge in [0.2, 0.25) is 11.8 Å². The van der Waals surface area contributed by atoms with Gasteiger partial charge in [-0.15, -0.1) is 0 Å². The smallest absolute Gasteiger partial charge is 0.770 e. The minimum absolute atomic E-state index is 0. The summed E-state index contributed by atoms with van der Waals surface area (Å²) in [6.45, 7) is -2.80. The van der Waals surface area contributed by atoms with Crippen molar-refractivity contribution >= 4 is 30.0 Å². The Kier molecular flexibility index (Phi) is 10.7. The summed E-state index contributed by atoms with van der Waals surface area (Å²) in [6.07, 6.45) is 2.15. The largest absolute Gasteiger partial charge is 1.00 e. The summed E-state index contributed by atoms with van der Waals surface area (Å²) >= 11 is 0.495. The van der Waals surface area contributed by atoms with Gasteiger partial charge in [0, 0.05) is 31.7 Å². The van der Waals surface area contributed by atoms with E-state index in [4.69, 9.17) is 4.89 Å². The normalized spacial score (nSPS) is 18.6. The van der Waals surface area contributed by atoms with E-state index in [9.17, 15) is 19.0 Å². The van der Waals surface area contributed by atoms with Gasteiger partial charge in [-0.25, -0.2) is 0 Å². The number of rotatable bonds is 8. The number of likely N-dealkylation sites (tertiary alicyclic amines) is 1. The van der Waals surface area contributed by atoms with E-state index in [0.717, 1.165) is 0 Å². The van der Waals surface area contributed by atoms with E-state index < -0.39 is 6.80 Å². The minimum atomic E-state index is -4.23. The first-order chi connectivity index (χ1) is 8.90. The summed E-state index contributed by atoms with van der Waals surface area (Å²) in [5.41, 5.74) is 0. The van der Waals surface area contributed by atoms with Crippen LogP contribution in [0.4, 0.5) is 0 Å². The predicted octanol–water partition coefficient (Wildman–Crippen LogP) is -3.30. The molecule has 0 aromatic heterocycles. The van der Waals surface area contributed by atoms with Gasteiger partial charge in [-0.3, -0.25) is 19.1 Å². The predicted molar refractivity (Wildman–Crippen MR) is 70.3 cm³/mol. The molecule has 0 radical (unpaired) electrons. The second-order valence-corrected chi connectivity index (χ2v) is 7.96. The van der Waals surface area contributed by atoms with Gasteiger partial charge in [-0.05, 0) is 19.4 Å². The molecule has 1 rings (SSSR count). The maximum atomic E-state index is 11.5. The second-order valence-electron chi connectivity index (χ2n) is 4.20. The van der Waals surface area contributed by atoms with Crippen LogP contribution in [-0.2, 0) is 14.2 Å². The van der Waals surface area contributed by atoms with Crippen molar-refractivity contribution < 1.29 is 53.5 Å². The molecular weight excluding hydrogens is 314 g/mol. The van der Waals surface area contributed by atoms with Gasteiger partial charge in [-0.1, -0.05) is 11.4 Å². The quantitative estimate of drug-likeness (QED) is 0.207. The fourth-order valence-corrected chi connectivity index (χ4v) is 3.20. The van der Waals surface area contributed by atoms with Crippen LogP contribution in [0.25, 0.3) is 0 Å². The molecule has 1 unspecified atom stereocenters. The third kappa shape index (κ3) is 8.79. The van der Waals surface area contributed by atoms with Crippen molar-refractivity contribution in [1.29, 1.82) is 0 Å². The van der Waals surface area contributed by atoms with Crippen molar-refractivity contribution in [3.63, 3.8) is 0 Å². The Hall–Kier alpha value is 0.600. The van der Waals surface area contributed by atoms with Gasteiger partial charge >= 0.3 is 29.6 Å². The molecule has 0 aromatic carbocycles. The number of imide groups is 1. The van der Waals surface area contributed by atoms with E-state index in [0.29, 0.717) is 56.7 Å². The Morgan fingerprint density at radius 3 is 2.45 bits per heavy atom. The molecule has 1 fully saturated rings. The zero-order valence-corrected chi connectivity index (χ0v) is 15.3. The van der Waals surface area contributed by atoms with Crippen LogP contribution in [0.3, 0.4) is 0 Å². The summed E-state index contributed by atoms with van der Waals surface area (Å²) < 4.78 is 10.4. The van der Waals surface area contributed by atoms with E-state index in [2.05, 4.69) is 5.32 Å². The summed E-state index contributed by atoms with van der Waals surface area (Å²) in [5, 5.41) is 2.99. The van der Waals surface area contributed by atoms with Crippen molar-refractivity contribution in [2.75, 3.05) is 25.4 Å². The third-order valence-corrected chi connectivity index (χ3v) is 4.89. The van der Waals surface area contributed by atoms with Crippen molar-refractivity contribution in [3.05, 3.63) is 0 Å². The molecule has 7 nitrogen and oxygen atoms in total. The first kappa shape index (κ1) is 20.6.